The zero-order chi connectivity index (χ0) is 38.3. The van der Waals surface area contributed by atoms with Crippen LogP contribution in [0.4, 0.5) is 13.2 Å². The molecule has 2 aliphatic rings. The summed E-state index contributed by atoms with van der Waals surface area (Å²) in [6, 6.07) is 28.9. The molecule has 7 nitrogen and oxygen atoms in total. The maximum Gasteiger partial charge on any atom is 0.494 e. The molecule has 0 radical (unpaired) electrons. The molecule has 0 bridgehead atoms. The fourth-order valence-corrected chi connectivity index (χ4v) is 6.80. The van der Waals surface area contributed by atoms with Gasteiger partial charge in [0, 0.05) is 11.0 Å². The summed E-state index contributed by atoms with van der Waals surface area (Å²) in [4.78, 5) is 26.2. The fraction of sp³-hybridized carbons (Fsp3) is 0.317. The van der Waals surface area contributed by atoms with E-state index in [1.54, 1.807) is 0 Å². The molecule has 1 aliphatic heterocycles. The number of hydrogen-bond acceptors (Lipinski definition) is 5. The third-order valence-electron chi connectivity index (χ3n) is 10.2. The van der Waals surface area contributed by atoms with E-state index in [2.05, 4.69) is 15.9 Å². The molecule has 2 unspecified atom stereocenters. The number of nitrogens with zero attached hydrogens (tertiary/aromatic N) is 1. The highest BCUT2D eigenvalue weighted by Crippen LogP contribution is 2.48. The van der Waals surface area contributed by atoms with Gasteiger partial charge in [0.05, 0.1) is 29.2 Å². The lowest BCUT2D eigenvalue weighted by Crippen LogP contribution is -2.41. The lowest BCUT2D eigenvalue weighted by molar-refractivity contribution is -0.153. The molecular weight excluding hydrogens is 750 g/mol. The number of benzene rings is 4. The zero-order valence-corrected chi connectivity index (χ0v) is 31.6. The molecule has 1 aliphatic carbocycles. The van der Waals surface area contributed by atoms with Crippen molar-refractivity contribution in [2.45, 2.75) is 77.4 Å². The maximum atomic E-state index is 14.0. The lowest BCUT2D eigenvalue weighted by atomic mass is 9.79. The molecule has 2 atom stereocenters. The van der Waals surface area contributed by atoms with Crippen molar-refractivity contribution in [1.29, 1.82) is 0 Å². The Labute approximate surface area is 315 Å². The monoisotopic (exact) mass is 789 g/mol. The van der Waals surface area contributed by atoms with Gasteiger partial charge < -0.3 is 23.7 Å². The number of halogens is 4. The predicted molar refractivity (Wildman–Crippen MR) is 201 cm³/mol. The predicted octanol–water partition coefficient (Wildman–Crippen LogP) is 9.54. The topological polar surface area (TPSA) is 89.2 Å². The summed E-state index contributed by atoms with van der Waals surface area (Å²) in [7, 11) is -0.529. The van der Waals surface area contributed by atoms with Gasteiger partial charge in [-0.05, 0) is 104 Å². The lowest BCUT2D eigenvalue weighted by Gasteiger charge is -2.32. The Morgan fingerprint density at radius 3 is 2.17 bits per heavy atom. The van der Waals surface area contributed by atoms with E-state index in [0.29, 0.717) is 5.56 Å². The highest BCUT2D eigenvalue weighted by molar-refractivity contribution is 9.10. The number of aryl methyl sites for hydroxylation is 1. The number of hydrogen-bond donors (Lipinski definition) is 1. The fourth-order valence-electron chi connectivity index (χ4n) is 6.38. The number of furan rings is 1. The van der Waals surface area contributed by atoms with Crippen LogP contribution in [0.3, 0.4) is 0 Å². The SMILES string of the molecule is Cc1ccc2ccccc2c1C(=O)N(Cc1ccc(B2OC(C)(C)C(C)(C)O2)cc1)Cc1ccc(C(F)(F)F)o1.O=C(O)C1CC1c1cccc(Br)c1. The van der Waals surface area contributed by atoms with Crippen LogP contribution in [0.1, 0.15) is 78.6 Å². The molecule has 1 aromatic heterocycles. The second kappa shape index (κ2) is 14.8. The number of rotatable bonds is 8. The van der Waals surface area contributed by atoms with Crippen LogP contribution in [-0.2, 0) is 33.4 Å². The standard InChI is InChI=1S/C31H31BF3NO4.C10H9BrO2/c1-20-10-13-22-8-6-7-9-25(22)27(20)28(37)36(19-24-16-17-26(38-24)31(33,34)35)18-21-11-14-23(15-12-21)32-39-29(2,3)30(4,5)40-32;11-7-3-1-2-6(4-7)8-5-9(8)10(12)13/h6-17H,18-19H2,1-5H3;1-4,8-9H,5H2,(H,12,13). The molecule has 1 amide bonds. The van der Waals surface area contributed by atoms with Crippen molar-refractivity contribution < 1.29 is 41.6 Å². The smallest absolute Gasteiger partial charge is 0.481 e. The van der Waals surface area contributed by atoms with E-state index in [9.17, 15) is 22.8 Å². The summed E-state index contributed by atoms with van der Waals surface area (Å²) in [6.07, 6.45) is -3.82. The Bertz CT molecular complexity index is 2110. The van der Waals surface area contributed by atoms with E-state index in [0.717, 1.165) is 49.9 Å². The number of amides is 1. The first-order chi connectivity index (χ1) is 24.9. The van der Waals surface area contributed by atoms with E-state index in [-0.39, 0.29) is 36.6 Å². The van der Waals surface area contributed by atoms with Gasteiger partial charge in [-0.2, -0.15) is 13.2 Å². The second-order valence-corrected chi connectivity index (χ2v) is 15.5. The van der Waals surface area contributed by atoms with Gasteiger partial charge in [-0.15, -0.1) is 0 Å². The molecule has 0 spiro atoms. The van der Waals surface area contributed by atoms with Gasteiger partial charge in [0.2, 0.25) is 5.76 Å². The molecule has 4 aromatic carbocycles. The summed E-state index contributed by atoms with van der Waals surface area (Å²) in [5, 5.41) is 10.4. The van der Waals surface area contributed by atoms with Crippen molar-refractivity contribution in [2.75, 3.05) is 0 Å². The molecule has 2 fully saturated rings. The quantitative estimate of drug-likeness (QED) is 0.158. The first kappa shape index (κ1) is 38.3. The van der Waals surface area contributed by atoms with Crippen LogP contribution in [0.5, 0.6) is 0 Å². The summed E-state index contributed by atoms with van der Waals surface area (Å²) < 4.78 is 58.0. The molecule has 1 saturated heterocycles. The van der Waals surface area contributed by atoms with Gasteiger partial charge in [0.25, 0.3) is 5.91 Å². The molecule has 53 heavy (non-hydrogen) atoms. The van der Waals surface area contributed by atoms with Crippen molar-refractivity contribution >= 4 is 51.2 Å². The number of carbonyl (C=O) groups is 2. The third kappa shape index (κ3) is 8.55. The normalized spacial score (nSPS) is 18.7. The Hall–Kier alpha value is -4.39. The van der Waals surface area contributed by atoms with E-state index >= 15 is 0 Å². The molecule has 12 heteroatoms. The first-order valence-corrected chi connectivity index (χ1v) is 18.1. The minimum Gasteiger partial charge on any atom is -0.481 e. The van der Waals surface area contributed by atoms with Crippen LogP contribution in [-0.4, -0.2) is 40.2 Å². The van der Waals surface area contributed by atoms with E-state index in [4.69, 9.17) is 18.8 Å². The molecule has 1 saturated carbocycles. The van der Waals surface area contributed by atoms with Gasteiger partial charge >= 0.3 is 19.3 Å². The molecule has 2 heterocycles. The number of carboxylic acids is 1. The number of fused-ring (bicyclic) bond motifs is 1. The summed E-state index contributed by atoms with van der Waals surface area (Å²) in [6.45, 7) is 9.82. The highest BCUT2D eigenvalue weighted by atomic mass is 79.9. The number of carbonyl (C=O) groups excluding carboxylic acids is 1. The van der Waals surface area contributed by atoms with Gasteiger partial charge in [-0.3, -0.25) is 9.59 Å². The van der Waals surface area contributed by atoms with Crippen LogP contribution in [0.2, 0.25) is 0 Å². The third-order valence-corrected chi connectivity index (χ3v) is 10.7. The van der Waals surface area contributed by atoms with Crippen molar-refractivity contribution in [1.82, 2.24) is 4.90 Å². The second-order valence-electron chi connectivity index (χ2n) is 14.6. The molecule has 276 valence electrons. The highest BCUT2D eigenvalue weighted by Gasteiger charge is 2.51. The summed E-state index contributed by atoms with van der Waals surface area (Å²) in [5.41, 5.74) is 3.10. The van der Waals surface area contributed by atoms with Gasteiger partial charge in [0.15, 0.2) is 0 Å². The number of alkyl halides is 3. The van der Waals surface area contributed by atoms with Crippen molar-refractivity contribution in [3.05, 3.63) is 135 Å². The van der Waals surface area contributed by atoms with Crippen LogP contribution in [0, 0.1) is 12.8 Å². The van der Waals surface area contributed by atoms with Gasteiger partial charge in [-0.25, -0.2) is 0 Å². The van der Waals surface area contributed by atoms with Crippen LogP contribution in [0.25, 0.3) is 10.8 Å². The Morgan fingerprint density at radius 2 is 1.57 bits per heavy atom. The minimum atomic E-state index is -4.61. The summed E-state index contributed by atoms with van der Waals surface area (Å²) in [5.74, 6) is -1.95. The molecular formula is C41H40BBrF3NO6. The number of carboxylic acid groups (broad SMARTS) is 1. The Kier molecular flexibility index (Phi) is 10.7. The molecule has 1 N–H and O–H groups in total. The Balaban J connectivity index is 0.000000309. The van der Waals surface area contributed by atoms with Crippen LogP contribution in [0.15, 0.2) is 106 Å². The zero-order valence-electron chi connectivity index (χ0n) is 30.0. The van der Waals surface area contributed by atoms with Crippen molar-refractivity contribution in [2.24, 2.45) is 5.92 Å². The molecule has 5 aromatic rings. The average molecular weight is 790 g/mol. The van der Waals surface area contributed by atoms with Crippen LogP contribution >= 0.6 is 15.9 Å². The van der Waals surface area contributed by atoms with Gasteiger partial charge in [-0.1, -0.05) is 88.7 Å². The van der Waals surface area contributed by atoms with E-state index in [1.807, 2.05) is 120 Å². The minimum absolute atomic E-state index is 0.0485. The summed E-state index contributed by atoms with van der Waals surface area (Å²) >= 11 is 3.37. The van der Waals surface area contributed by atoms with Crippen molar-refractivity contribution in [3.63, 3.8) is 0 Å². The van der Waals surface area contributed by atoms with E-state index in [1.165, 1.54) is 11.0 Å². The first-order valence-electron chi connectivity index (χ1n) is 17.3. The van der Waals surface area contributed by atoms with Gasteiger partial charge in [0.1, 0.15) is 5.76 Å². The van der Waals surface area contributed by atoms with E-state index < -0.39 is 36.2 Å². The maximum absolute atomic E-state index is 14.0. The molecule has 7 rings (SSSR count). The van der Waals surface area contributed by atoms with Crippen molar-refractivity contribution in [3.8, 4) is 0 Å². The average Bonchev–Trinajstić information content (AvgIpc) is 3.70. The number of aliphatic carboxylic acids is 1. The van der Waals surface area contributed by atoms with Crippen LogP contribution < -0.4 is 5.46 Å². The Morgan fingerprint density at radius 1 is 0.887 bits per heavy atom. The largest absolute Gasteiger partial charge is 0.494 e.